The number of rotatable bonds is 6. The third-order valence-electron chi connectivity index (χ3n) is 2.24. The second-order valence-electron chi connectivity index (χ2n) is 3.96. The normalized spacial score (nSPS) is 14.3. The number of carbonyl (C=O) groups is 1. The Morgan fingerprint density at radius 3 is 2.82 bits per heavy atom. The Balaban J connectivity index is 2.41. The first-order valence-corrected chi connectivity index (χ1v) is 6.55. The maximum absolute atomic E-state index is 11.8. The number of carbonyl (C=O) groups excluding carboxylic acids is 1. The Hall–Kier alpha value is -1.24. The first-order chi connectivity index (χ1) is 8.02. The van der Waals surface area contributed by atoms with Crippen molar-refractivity contribution in [1.29, 1.82) is 0 Å². The molecule has 0 aliphatic rings. The second-order valence-corrected chi connectivity index (χ2v) is 5.27. The number of aromatic amines is 1. The van der Waals surface area contributed by atoms with Crippen LogP contribution in [0, 0.1) is 0 Å². The highest BCUT2D eigenvalue weighted by molar-refractivity contribution is 8.00. The average Bonchev–Trinajstić information content (AvgIpc) is 2.64. The topological polar surface area (TPSA) is 96.7 Å². The van der Waals surface area contributed by atoms with Crippen molar-refractivity contribution >= 4 is 23.6 Å². The van der Waals surface area contributed by atoms with Crippen LogP contribution in [0.3, 0.4) is 0 Å². The second kappa shape index (κ2) is 6.48. The molecule has 6 nitrogen and oxygen atoms in total. The van der Waals surface area contributed by atoms with Crippen LogP contribution < -0.4 is 11.1 Å². The van der Waals surface area contributed by atoms with E-state index >= 15 is 0 Å². The number of amides is 1. The van der Waals surface area contributed by atoms with Gasteiger partial charge in [-0.15, -0.1) is 5.10 Å². The lowest BCUT2D eigenvalue weighted by Crippen LogP contribution is -2.37. The Morgan fingerprint density at radius 1 is 1.59 bits per heavy atom. The lowest BCUT2D eigenvalue weighted by molar-refractivity contribution is -0.120. The van der Waals surface area contributed by atoms with Crippen LogP contribution in [0.1, 0.15) is 33.6 Å². The minimum Gasteiger partial charge on any atom is -0.368 e. The van der Waals surface area contributed by atoms with Gasteiger partial charge in [0.2, 0.25) is 17.0 Å². The van der Waals surface area contributed by atoms with Crippen molar-refractivity contribution in [2.45, 2.75) is 50.1 Å². The van der Waals surface area contributed by atoms with Crippen LogP contribution in [0.5, 0.6) is 0 Å². The number of anilines is 1. The number of nitrogens with zero attached hydrogens (tertiary/aromatic N) is 2. The highest BCUT2D eigenvalue weighted by Gasteiger charge is 2.18. The summed E-state index contributed by atoms with van der Waals surface area (Å²) in [5, 5.41) is 9.63. The van der Waals surface area contributed by atoms with Crippen molar-refractivity contribution in [3.63, 3.8) is 0 Å². The number of nitrogens with one attached hydrogen (secondary N) is 2. The molecule has 1 rings (SSSR count). The fourth-order valence-corrected chi connectivity index (χ4v) is 2.13. The Kier molecular flexibility index (Phi) is 5.27. The lowest BCUT2D eigenvalue weighted by Gasteiger charge is -2.15. The molecule has 0 bridgehead atoms. The Morgan fingerprint density at radius 2 is 2.29 bits per heavy atom. The standard InChI is InChI=1S/C10H19N5OS/c1-4-5-6(2)12-8(16)7(3)17-10-13-9(11)14-15-10/h6-7H,4-5H2,1-3H3,(H,12,16)(H3,11,13,14,15). The van der Waals surface area contributed by atoms with Gasteiger partial charge in [-0.1, -0.05) is 25.1 Å². The quantitative estimate of drug-likeness (QED) is 0.665. The van der Waals surface area contributed by atoms with Gasteiger partial charge in [0, 0.05) is 6.04 Å². The monoisotopic (exact) mass is 257 g/mol. The molecule has 0 fully saturated rings. The predicted molar refractivity (Wildman–Crippen MR) is 68.6 cm³/mol. The van der Waals surface area contributed by atoms with Gasteiger partial charge in [-0.25, -0.2) is 5.10 Å². The minimum atomic E-state index is -0.232. The van der Waals surface area contributed by atoms with E-state index in [1.54, 1.807) is 0 Å². The molecule has 0 aliphatic heterocycles. The van der Waals surface area contributed by atoms with Crippen LogP contribution in [0.2, 0.25) is 0 Å². The van der Waals surface area contributed by atoms with E-state index < -0.39 is 0 Å². The van der Waals surface area contributed by atoms with E-state index in [1.807, 2.05) is 13.8 Å². The summed E-state index contributed by atoms with van der Waals surface area (Å²) in [6.45, 7) is 5.92. The zero-order chi connectivity index (χ0) is 12.8. The summed E-state index contributed by atoms with van der Waals surface area (Å²) in [6.07, 6.45) is 2.04. The van der Waals surface area contributed by atoms with E-state index in [9.17, 15) is 4.79 Å². The minimum absolute atomic E-state index is 0.000628. The summed E-state index contributed by atoms with van der Waals surface area (Å²) < 4.78 is 0. The highest BCUT2D eigenvalue weighted by atomic mass is 32.2. The molecule has 0 saturated carbocycles. The van der Waals surface area contributed by atoms with E-state index in [0.717, 1.165) is 12.8 Å². The predicted octanol–water partition coefficient (Wildman–Crippen LogP) is 1.17. The van der Waals surface area contributed by atoms with Crippen molar-refractivity contribution in [2.24, 2.45) is 0 Å². The van der Waals surface area contributed by atoms with Gasteiger partial charge in [0.05, 0.1) is 5.25 Å². The molecular weight excluding hydrogens is 238 g/mol. The third-order valence-corrected chi connectivity index (χ3v) is 3.20. The summed E-state index contributed by atoms with van der Waals surface area (Å²) in [6, 6.07) is 0.202. The zero-order valence-corrected chi connectivity index (χ0v) is 11.2. The molecule has 0 aliphatic carbocycles. The largest absolute Gasteiger partial charge is 0.368 e. The summed E-state index contributed by atoms with van der Waals surface area (Å²) in [5.41, 5.74) is 5.41. The molecule has 7 heteroatoms. The fraction of sp³-hybridized carbons (Fsp3) is 0.700. The van der Waals surface area contributed by atoms with Crippen molar-refractivity contribution in [3.8, 4) is 0 Å². The van der Waals surface area contributed by atoms with E-state index in [-0.39, 0.29) is 23.1 Å². The molecule has 0 spiro atoms. The van der Waals surface area contributed by atoms with Crippen molar-refractivity contribution in [1.82, 2.24) is 20.5 Å². The number of hydrogen-bond acceptors (Lipinski definition) is 5. The summed E-state index contributed by atoms with van der Waals surface area (Å²) >= 11 is 1.29. The van der Waals surface area contributed by atoms with E-state index in [0.29, 0.717) is 5.16 Å². The van der Waals surface area contributed by atoms with Gasteiger partial charge in [0.25, 0.3) is 0 Å². The van der Waals surface area contributed by atoms with Crippen LogP contribution in [0.4, 0.5) is 5.95 Å². The summed E-state index contributed by atoms with van der Waals surface area (Å²) in [4.78, 5) is 15.8. The lowest BCUT2D eigenvalue weighted by atomic mass is 10.2. The summed E-state index contributed by atoms with van der Waals surface area (Å²) in [7, 11) is 0. The summed E-state index contributed by atoms with van der Waals surface area (Å²) in [5.74, 6) is 0.263. The highest BCUT2D eigenvalue weighted by Crippen LogP contribution is 2.19. The molecular formula is C10H19N5OS. The van der Waals surface area contributed by atoms with Crippen molar-refractivity contribution < 1.29 is 4.79 Å². The molecule has 1 aromatic heterocycles. The van der Waals surface area contributed by atoms with E-state index in [2.05, 4.69) is 27.4 Å². The molecule has 0 saturated heterocycles. The van der Waals surface area contributed by atoms with Crippen LogP contribution >= 0.6 is 11.8 Å². The van der Waals surface area contributed by atoms with Gasteiger partial charge in [-0.05, 0) is 20.3 Å². The SMILES string of the molecule is CCCC(C)NC(=O)C(C)Sc1n[nH]c(N)n1. The molecule has 96 valence electrons. The first kappa shape index (κ1) is 13.8. The van der Waals surface area contributed by atoms with Gasteiger partial charge in [-0.3, -0.25) is 4.79 Å². The number of aromatic nitrogens is 3. The molecule has 0 radical (unpaired) electrons. The van der Waals surface area contributed by atoms with Gasteiger partial charge in [0.15, 0.2) is 0 Å². The van der Waals surface area contributed by atoms with E-state index in [4.69, 9.17) is 5.73 Å². The maximum atomic E-state index is 11.8. The molecule has 0 aromatic carbocycles. The molecule has 1 aromatic rings. The van der Waals surface area contributed by atoms with Gasteiger partial charge in [0.1, 0.15) is 0 Å². The maximum Gasteiger partial charge on any atom is 0.233 e. The Bertz CT molecular complexity index is 367. The number of H-pyrrole nitrogens is 1. The molecule has 4 N–H and O–H groups in total. The van der Waals surface area contributed by atoms with Crippen molar-refractivity contribution in [2.75, 3.05) is 5.73 Å². The number of thioether (sulfide) groups is 1. The van der Waals surface area contributed by atoms with Crippen LogP contribution in [-0.2, 0) is 4.79 Å². The third kappa shape index (κ3) is 4.64. The molecule has 2 unspecified atom stereocenters. The van der Waals surface area contributed by atoms with Gasteiger partial charge < -0.3 is 11.1 Å². The molecule has 2 atom stereocenters. The smallest absolute Gasteiger partial charge is 0.233 e. The number of nitrogens with two attached hydrogens (primary N) is 1. The zero-order valence-electron chi connectivity index (χ0n) is 10.4. The fourth-order valence-electron chi connectivity index (χ4n) is 1.39. The van der Waals surface area contributed by atoms with Gasteiger partial charge in [-0.2, -0.15) is 4.98 Å². The van der Waals surface area contributed by atoms with Crippen LogP contribution in [-0.4, -0.2) is 32.4 Å². The number of nitrogen functional groups attached to an aromatic ring is 1. The average molecular weight is 257 g/mol. The van der Waals surface area contributed by atoms with Crippen LogP contribution in [0.15, 0.2) is 5.16 Å². The number of hydrogen-bond donors (Lipinski definition) is 3. The van der Waals surface area contributed by atoms with E-state index in [1.165, 1.54) is 11.8 Å². The van der Waals surface area contributed by atoms with Crippen LogP contribution in [0.25, 0.3) is 0 Å². The molecule has 17 heavy (non-hydrogen) atoms. The molecule has 1 amide bonds. The Labute approximate surface area is 105 Å². The van der Waals surface area contributed by atoms with Gasteiger partial charge >= 0.3 is 0 Å². The molecule has 1 heterocycles. The van der Waals surface area contributed by atoms with Crippen molar-refractivity contribution in [3.05, 3.63) is 0 Å². The first-order valence-electron chi connectivity index (χ1n) is 5.67.